The molecule has 0 amide bonds. The lowest BCUT2D eigenvalue weighted by Crippen LogP contribution is -2.12. The Morgan fingerprint density at radius 3 is 2.68 bits per heavy atom. The number of fused-ring (bicyclic) bond motifs is 1. The standard InChI is InChI=1S/C15H8ClF3N2O/c16-8-4-5-11-9(6-8)10(7-20-11)14(22)12-2-1-3-13(21-12)15(17,18)19/h1-7,20H. The van der Waals surface area contributed by atoms with Gasteiger partial charge in [0.15, 0.2) is 0 Å². The number of carbonyl (C=O) groups excluding carboxylic acids is 1. The molecule has 0 bridgehead atoms. The molecule has 3 nitrogen and oxygen atoms in total. The van der Waals surface area contributed by atoms with Crippen molar-refractivity contribution < 1.29 is 18.0 Å². The van der Waals surface area contributed by atoms with E-state index in [0.29, 0.717) is 15.9 Å². The number of hydrogen-bond donors (Lipinski definition) is 1. The number of rotatable bonds is 2. The number of alkyl halides is 3. The van der Waals surface area contributed by atoms with Crippen molar-refractivity contribution in [2.45, 2.75) is 6.18 Å². The van der Waals surface area contributed by atoms with E-state index in [-0.39, 0.29) is 11.3 Å². The molecule has 2 aromatic heterocycles. The summed E-state index contributed by atoms with van der Waals surface area (Å²) in [5, 5.41) is 0.967. The lowest BCUT2D eigenvalue weighted by molar-refractivity contribution is -0.141. The van der Waals surface area contributed by atoms with Gasteiger partial charge >= 0.3 is 6.18 Å². The highest BCUT2D eigenvalue weighted by atomic mass is 35.5. The van der Waals surface area contributed by atoms with Crippen LogP contribution in [0.5, 0.6) is 0 Å². The van der Waals surface area contributed by atoms with Crippen LogP contribution in [0.25, 0.3) is 10.9 Å². The van der Waals surface area contributed by atoms with Crippen LogP contribution in [0.15, 0.2) is 42.6 Å². The topological polar surface area (TPSA) is 45.8 Å². The van der Waals surface area contributed by atoms with E-state index in [1.807, 2.05) is 0 Å². The van der Waals surface area contributed by atoms with E-state index in [4.69, 9.17) is 11.6 Å². The summed E-state index contributed by atoms with van der Waals surface area (Å²) in [5.41, 5.74) is -0.476. The van der Waals surface area contributed by atoms with E-state index in [2.05, 4.69) is 9.97 Å². The number of hydrogen-bond acceptors (Lipinski definition) is 2. The number of nitrogens with one attached hydrogen (secondary N) is 1. The molecule has 112 valence electrons. The Morgan fingerprint density at radius 1 is 1.18 bits per heavy atom. The summed E-state index contributed by atoms with van der Waals surface area (Å²) in [5.74, 6) is -0.598. The first-order valence-corrected chi connectivity index (χ1v) is 6.59. The second kappa shape index (κ2) is 5.14. The van der Waals surface area contributed by atoms with E-state index >= 15 is 0 Å². The molecule has 1 N–H and O–H groups in total. The van der Waals surface area contributed by atoms with Crippen LogP contribution in [0, 0.1) is 0 Å². The Bertz CT molecular complexity index is 871. The zero-order valence-electron chi connectivity index (χ0n) is 10.9. The van der Waals surface area contributed by atoms with Crippen LogP contribution in [0.2, 0.25) is 5.02 Å². The van der Waals surface area contributed by atoms with Crippen LogP contribution in [0.1, 0.15) is 21.7 Å². The molecule has 3 rings (SSSR count). The van der Waals surface area contributed by atoms with Crippen LogP contribution in [-0.4, -0.2) is 15.8 Å². The molecule has 0 saturated carbocycles. The maximum Gasteiger partial charge on any atom is 0.433 e. The Kier molecular flexibility index (Phi) is 3.41. The molecule has 0 aliphatic rings. The largest absolute Gasteiger partial charge is 0.433 e. The maximum absolute atomic E-state index is 12.7. The van der Waals surface area contributed by atoms with E-state index < -0.39 is 17.7 Å². The van der Waals surface area contributed by atoms with Crippen LogP contribution < -0.4 is 0 Å². The SMILES string of the molecule is O=C(c1cccc(C(F)(F)F)n1)c1c[nH]c2ccc(Cl)cc12. The molecule has 2 heterocycles. The van der Waals surface area contributed by atoms with Crippen molar-refractivity contribution in [3.63, 3.8) is 0 Å². The number of carbonyl (C=O) groups is 1. The van der Waals surface area contributed by atoms with Gasteiger partial charge in [-0.05, 0) is 30.3 Å². The summed E-state index contributed by atoms with van der Waals surface area (Å²) in [7, 11) is 0. The normalized spacial score (nSPS) is 11.8. The summed E-state index contributed by atoms with van der Waals surface area (Å²) >= 11 is 5.89. The second-order valence-corrected chi connectivity index (χ2v) is 5.06. The third kappa shape index (κ3) is 2.57. The third-order valence-electron chi connectivity index (χ3n) is 3.16. The van der Waals surface area contributed by atoms with Crippen molar-refractivity contribution in [2.24, 2.45) is 0 Å². The summed E-state index contributed by atoms with van der Waals surface area (Å²) in [6.07, 6.45) is -3.16. The first-order chi connectivity index (χ1) is 10.4. The molecule has 0 atom stereocenters. The molecule has 7 heteroatoms. The van der Waals surface area contributed by atoms with Crippen molar-refractivity contribution >= 4 is 28.3 Å². The number of pyridine rings is 1. The summed E-state index contributed by atoms with van der Waals surface area (Å²) in [6.45, 7) is 0. The minimum atomic E-state index is -4.60. The average molecular weight is 325 g/mol. The molecular weight excluding hydrogens is 317 g/mol. The minimum absolute atomic E-state index is 0.226. The first-order valence-electron chi connectivity index (χ1n) is 6.22. The smallest absolute Gasteiger partial charge is 0.360 e. The van der Waals surface area contributed by atoms with Crippen molar-refractivity contribution in [2.75, 3.05) is 0 Å². The molecular formula is C15H8ClF3N2O. The highest BCUT2D eigenvalue weighted by molar-refractivity contribution is 6.31. The van der Waals surface area contributed by atoms with Gasteiger partial charge in [0.2, 0.25) is 5.78 Å². The van der Waals surface area contributed by atoms with E-state index in [1.165, 1.54) is 12.3 Å². The fourth-order valence-electron chi connectivity index (χ4n) is 2.14. The van der Waals surface area contributed by atoms with Gasteiger partial charge in [-0.2, -0.15) is 13.2 Å². The zero-order valence-corrected chi connectivity index (χ0v) is 11.7. The average Bonchev–Trinajstić information content (AvgIpc) is 2.88. The number of aromatic amines is 1. The molecule has 0 unspecified atom stereocenters. The van der Waals surface area contributed by atoms with Gasteiger partial charge in [-0.1, -0.05) is 17.7 Å². The number of H-pyrrole nitrogens is 1. The minimum Gasteiger partial charge on any atom is -0.360 e. The van der Waals surface area contributed by atoms with Crippen LogP contribution >= 0.6 is 11.6 Å². The van der Waals surface area contributed by atoms with E-state index in [0.717, 1.165) is 12.1 Å². The Labute approximate surface area is 127 Å². The van der Waals surface area contributed by atoms with Crippen LogP contribution in [0.4, 0.5) is 13.2 Å². The predicted octanol–water partition coefficient (Wildman–Crippen LogP) is 4.47. The van der Waals surface area contributed by atoms with Gasteiger partial charge < -0.3 is 4.98 Å². The van der Waals surface area contributed by atoms with Gasteiger partial charge in [0.05, 0.1) is 0 Å². The Morgan fingerprint density at radius 2 is 1.95 bits per heavy atom. The van der Waals surface area contributed by atoms with Gasteiger partial charge in [-0.3, -0.25) is 4.79 Å². The fourth-order valence-corrected chi connectivity index (χ4v) is 2.31. The van der Waals surface area contributed by atoms with Gasteiger partial charge in [-0.25, -0.2) is 4.98 Å². The molecule has 0 spiro atoms. The number of benzene rings is 1. The Balaban J connectivity index is 2.08. The quantitative estimate of drug-likeness (QED) is 0.707. The summed E-state index contributed by atoms with van der Waals surface area (Å²) in [6, 6.07) is 8.15. The lowest BCUT2D eigenvalue weighted by atomic mass is 10.1. The summed E-state index contributed by atoms with van der Waals surface area (Å²) < 4.78 is 38.0. The number of halogens is 4. The van der Waals surface area contributed by atoms with Crippen molar-refractivity contribution in [1.29, 1.82) is 0 Å². The van der Waals surface area contributed by atoms with E-state index in [9.17, 15) is 18.0 Å². The lowest BCUT2D eigenvalue weighted by Gasteiger charge is -2.06. The fraction of sp³-hybridized carbons (Fsp3) is 0.0667. The molecule has 3 aromatic rings. The molecule has 0 aliphatic carbocycles. The molecule has 0 fully saturated rings. The second-order valence-electron chi connectivity index (χ2n) is 4.63. The predicted molar refractivity (Wildman–Crippen MR) is 76.0 cm³/mol. The highest BCUT2D eigenvalue weighted by Crippen LogP contribution is 2.28. The monoisotopic (exact) mass is 324 g/mol. The van der Waals surface area contributed by atoms with Gasteiger partial charge in [0.1, 0.15) is 11.4 Å². The first kappa shape index (κ1) is 14.6. The molecule has 0 saturated heterocycles. The molecule has 1 aromatic carbocycles. The van der Waals surface area contributed by atoms with Crippen molar-refractivity contribution in [1.82, 2.24) is 9.97 Å². The number of nitrogens with zero attached hydrogens (tertiary/aromatic N) is 1. The van der Waals surface area contributed by atoms with Crippen molar-refractivity contribution in [3.8, 4) is 0 Å². The van der Waals surface area contributed by atoms with Crippen molar-refractivity contribution in [3.05, 3.63) is 64.6 Å². The number of ketones is 1. The van der Waals surface area contributed by atoms with Gasteiger partial charge in [0.25, 0.3) is 0 Å². The van der Waals surface area contributed by atoms with E-state index in [1.54, 1.807) is 18.2 Å². The summed E-state index contributed by atoms with van der Waals surface area (Å²) in [4.78, 5) is 18.7. The molecule has 0 radical (unpaired) electrons. The molecule has 0 aliphatic heterocycles. The number of aromatic nitrogens is 2. The van der Waals surface area contributed by atoms with Crippen LogP contribution in [-0.2, 0) is 6.18 Å². The van der Waals surface area contributed by atoms with Gasteiger partial charge in [0, 0.05) is 27.7 Å². The maximum atomic E-state index is 12.7. The highest BCUT2D eigenvalue weighted by Gasteiger charge is 2.33. The zero-order chi connectivity index (χ0) is 15.9. The van der Waals surface area contributed by atoms with Gasteiger partial charge in [-0.15, -0.1) is 0 Å². The third-order valence-corrected chi connectivity index (χ3v) is 3.40. The Hall–Kier alpha value is -2.34. The molecule has 22 heavy (non-hydrogen) atoms. The van der Waals surface area contributed by atoms with Crippen LogP contribution in [0.3, 0.4) is 0 Å².